The van der Waals surface area contributed by atoms with Crippen LogP contribution in [0.15, 0.2) is 4.79 Å². The van der Waals surface area contributed by atoms with Crippen LogP contribution in [0.2, 0.25) is 0 Å². The number of rotatable bonds is 4. The van der Waals surface area contributed by atoms with E-state index in [9.17, 15) is 9.59 Å². The number of hydrogen-bond acceptors (Lipinski definition) is 5. The summed E-state index contributed by atoms with van der Waals surface area (Å²) >= 11 is 1.25. The third-order valence-electron chi connectivity index (χ3n) is 4.28. The van der Waals surface area contributed by atoms with Crippen LogP contribution in [0.4, 0.5) is 0 Å². The standard InChI is InChI=1S/C17H24N4O2S/c1-8-17(5,6)19-14(22)13-11(4)18-15(24-13)12-9(2)10(3)20-21(7)16(12)23/h8H2,1-7H3,(H,19,22). The van der Waals surface area contributed by atoms with Crippen molar-refractivity contribution in [3.05, 3.63) is 32.2 Å². The molecular weight excluding hydrogens is 324 g/mol. The van der Waals surface area contributed by atoms with Gasteiger partial charge in [0.25, 0.3) is 11.5 Å². The van der Waals surface area contributed by atoms with E-state index in [-0.39, 0.29) is 17.0 Å². The van der Waals surface area contributed by atoms with Gasteiger partial charge >= 0.3 is 0 Å². The molecule has 0 aromatic carbocycles. The van der Waals surface area contributed by atoms with E-state index < -0.39 is 0 Å². The summed E-state index contributed by atoms with van der Waals surface area (Å²) in [5, 5.41) is 7.77. The molecule has 0 bridgehead atoms. The van der Waals surface area contributed by atoms with Crippen molar-refractivity contribution in [2.75, 3.05) is 0 Å². The second kappa shape index (κ2) is 6.47. The lowest BCUT2D eigenvalue weighted by Gasteiger charge is -2.24. The maximum absolute atomic E-state index is 12.6. The van der Waals surface area contributed by atoms with Gasteiger partial charge < -0.3 is 5.32 Å². The predicted molar refractivity (Wildman–Crippen MR) is 96.6 cm³/mol. The van der Waals surface area contributed by atoms with Crippen molar-refractivity contribution in [3.8, 4) is 10.6 Å². The highest BCUT2D eigenvalue weighted by Gasteiger charge is 2.24. The number of carbonyl (C=O) groups excluding carboxylic acids is 1. The zero-order valence-electron chi connectivity index (χ0n) is 15.3. The van der Waals surface area contributed by atoms with Crippen molar-refractivity contribution >= 4 is 17.2 Å². The lowest BCUT2D eigenvalue weighted by atomic mass is 10.0. The molecule has 0 fully saturated rings. The van der Waals surface area contributed by atoms with Gasteiger partial charge in [-0.1, -0.05) is 6.92 Å². The van der Waals surface area contributed by atoms with E-state index in [1.54, 1.807) is 14.0 Å². The smallest absolute Gasteiger partial charge is 0.277 e. The molecule has 0 spiro atoms. The number of nitrogens with zero attached hydrogens (tertiary/aromatic N) is 3. The maximum Gasteiger partial charge on any atom is 0.277 e. The molecule has 0 aliphatic carbocycles. The molecule has 2 rings (SSSR count). The highest BCUT2D eigenvalue weighted by molar-refractivity contribution is 7.17. The Bertz CT molecular complexity index is 849. The molecule has 0 aliphatic rings. The van der Waals surface area contributed by atoms with Crippen LogP contribution < -0.4 is 10.9 Å². The Kier molecular flexibility index (Phi) is 4.94. The number of thiazole rings is 1. The van der Waals surface area contributed by atoms with Gasteiger partial charge in [0, 0.05) is 12.6 Å². The summed E-state index contributed by atoms with van der Waals surface area (Å²) in [5.74, 6) is -0.150. The van der Waals surface area contributed by atoms with Crippen molar-refractivity contribution in [2.24, 2.45) is 7.05 Å². The summed E-state index contributed by atoms with van der Waals surface area (Å²) in [6.07, 6.45) is 0.826. The maximum atomic E-state index is 12.6. The lowest BCUT2D eigenvalue weighted by molar-refractivity contribution is 0.0914. The van der Waals surface area contributed by atoms with Crippen molar-refractivity contribution < 1.29 is 4.79 Å². The van der Waals surface area contributed by atoms with Crippen LogP contribution in [0, 0.1) is 20.8 Å². The molecule has 7 heteroatoms. The number of hydrogen-bond donors (Lipinski definition) is 1. The monoisotopic (exact) mass is 348 g/mol. The summed E-state index contributed by atoms with van der Waals surface area (Å²) in [4.78, 5) is 30.0. The average Bonchev–Trinajstić information content (AvgIpc) is 2.87. The molecule has 2 aromatic heterocycles. The first-order valence-electron chi connectivity index (χ1n) is 7.92. The topological polar surface area (TPSA) is 76.9 Å². The molecule has 6 nitrogen and oxygen atoms in total. The van der Waals surface area contributed by atoms with Crippen molar-refractivity contribution in [3.63, 3.8) is 0 Å². The summed E-state index contributed by atoms with van der Waals surface area (Å²) in [7, 11) is 1.62. The van der Waals surface area contributed by atoms with Crippen LogP contribution in [0.5, 0.6) is 0 Å². The molecule has 0 saturated carbocycles. The third-order valence-corrected chi connectivity index (χ3v) is 5.45. The molecule has 24 heavy (non-hydrogen) atoms. The first kappa shape index (κ1) is 18.3. The van der Waals surface area contributed by atoms with Gasteiger partial charge in [0.05, 0.1) is 17.0 Å². The number of nitrogens with one attached hydrogen (secondary N) is 1. The lowest BCUT2D eigenvalue weighted by Crippen LogP contribution is -2.42. The van der Waals surface area contributed by atoms with Crippen molar-refractivity contribution in [1.29, 1.82) is 0 Å². The van der Waals surface area contributed by atoms with Gasteiger partial charge in [0.15, 0.2) is 0 Å². The Morgan fingerprint density at radius 3 is 2.46 bits per heavy atom. The van der Waals surface area contributed by atoms with Crippen LogP contribution in [0.25, 0.3) is 10.6 Å². The zero-order valence-corrected chi connectivity index (χ0v) is 16.1. The molecule has 0 atom stereocenters. The summed E-state index contributed by atoms with van der Waals surface area (Å²) in [6.45, 7) is 11.5. The Morgan fingerprint density at radius 2 is 1.88 bits per heavy atom. The molecule has 0 aliphatic heterocycles. The molecule has 0 unspecified atom stereocenters. The molecule has 1 N–H and O–H groups in total. The summed E-state index contributed by atoms with van der Waals surface area (Å²) in [6, 6.07) is 0. The highest BCUT2D eigenvalue weighted by Crippen LogP contribution is 2.29. The average molecular weight is 348 g/mol. The second-order valence-electron chi connectivity index (χ2n) is 6.64. The fraction of sp³-hybridized carbons (Fsp3) is 0.529. The highest BCUT2D eigenvalue weighted by atomic mass is 32.1. The van der Waals surface area contributed by atoms with Crippen molar-refractivity contribution in [1.82, 2.24) is 20.1 Å². The molecule has 0 radical (unpaired) electrons. The predicted octanol–water partition coefficient (Wildman–Crippen LogP) is 2.75. The number of carbonyl (C=O) groups is 1. The molecule has 2 heterocycles. The Labute approximate surface area is 145 Å². The Balaban J connectivity index is 2.51. The first-order valence-corrected chi connectivity index (χ1v) is 8.74. The fourth-order valence-corrected chi connectivity index (χ4v) is 3.32. The third kappa shape index (κ3) is 3.40. The van der Waals surface area contributed by atoms with Crippen LogP contribution >= 0.6 is 11.3 Å². The minimum absolute atomic E-state index is 0.150. The largest absolute Gasteiger partial charge is 0.346 e. The van der Waals surface area contributed by atoms with Crippen LogP contribution in [-0.2, 0) is 7.05 Å². The number of aromatic nitrogens is 3. The second-order valence-corrected chi connectivity index (χ2v) is 7.64. The van der Waals surface area contributed by atoms with Crippen LogP contribution in [0.3, 0.4) is 0 Å². The van der Waals surface area contributed by atoms with E-state index in [1.165, 1.54) is 16.0 Å². The number of aryl methyl sites for hydroxylation is 3. The van der Waals surface area contributed by atoms with Gasteiger partial charge in [-0.25, -0.2) is 9.67 Å². The fourth-order valence-electron chi connectivity index (χ4n) is 2.27. The minimum Gasteiger partial charge on any atom is -0.346 e. The number of amides is 1. The Hall–Kier alpha value is -2.02. The van der Waals surface area contributed by atoms with E-state index in [1.807, 2.05) is 34.6 Å². The minimum atomic E-state index is -0.285. The van der Waals surface area contributed by atoms with Crippen LogP contribution in [0.1, 0.15) is 53.8 Å². The van der Waals surface area contributed by atoms with Gasteiger partial charge in [-0.15, -0.1) is 11.3 Å². The summed E-state index contributed by atoms with van der Waals surface area (Å²) < 4.78 is 1.31. The SMILES string of the molecule is CCC(C)(C)NC(=O)c1sc(-c2c(C)c(C)nn(C)c2=O)nc1C. The van der Waals surface area contributed by atoms with Gasteiger partial charge in [-0.2, -0.15) is 5.10 Å². The molecular formula is C17H24N4O2S. The molecule has 130 valence electrons. The molecule has 2 aromatic rings. The van der Waals surface area contributed by atoms with Crippen LogP contribution in [-0.4, -0.2) is 26.2 Å². The van der Waals surface area contributed by atoms with E-state index in [4.69, 9.17) is 0 Å². The van der Waals surface area contributed by atoms with Gasteiger partial charge in [0.2, 0.25) is 0 Å². The van der Waals surface area contributed by atoms with E-state index >= 15 is 0 Å². The van der Waals surface area contributed by atoms with Gasteiger partial charge in [-0.3, -0.25) is 9.59 Å². The molecule has 1 amide bonds. The summed E-state index contributed by atoms with van der Waals surface area (Å²) in [5.41, 5.74) is 2.24. The van der Waals surface area contributed by atoms with Gasteiger partial charge in [-0.05, 0) is 46.6 Å². The van der Waals surface area contributed by atoms with E-state index in [0.29, 0.717) is 21.1 Å². The molecule has 0 saturated heterocycles. The Morgan fingerprint density at radius 1 is 1.25 bits per heavy atom. The quantitative estimate of drug-likeness (QED) is 0.922. The normalized spacial score (nSPS) is 11.6. The zero-order chi connectivity index (χ0) is 18.2. The van der Waals surface area contributed by atoms with E-state index in [2.05, 4.69) is 15.4 Å². The van der Waals surface area contributed by atoms with Crippen molar-refractivity contribution in [2.45, 2.75) is 53.5 Å². The first-order chi connectivity index (χ1) is 11.1. The van der Waals surface area contributed by atoms with Gasteiger partial charge in [0.1, 0.15) is 9.88 Å². The van der Waals surface area contributed by atoms with E-state index in [0.717, 1.165) is 17.7 Å².